The fraction of sp³-hybridized carbons (Fsp3) is 0.667. The highest BCUT2D eigenvalue weighted by atomic mass is 35.7. The zero-order valence-electron chi connectivity index (χ0n) is 8.48. The van der Waals surface area contributed by atoms with Crippen LogP contribution in [0.4, 0.5) is 0 Å². The molecule has 4 nitrogen and oxygen atoms in total. The van der Waals surface area contributed by atoms with E-state index in [1.807, 2.05) is 13.1 Å². The van der Waals surface area contributed by atoms with Crippen molar-refractivity contribution in [2.45, 2.75) is 30.4 Å². The summed E-state index contributed by atoms with van der Waals surface area (Å²) in [5.41, 5.74) is 1.04. The number of rotatable bonds is 4. The predicted octanol–water partition coefficient (Wildman–Crippen LogP) is 1.45. The fourth-order valence-corrected chi connectivity index (χ4v) is 3.39. The van der Waals surface area contributed by atoms with Gasteiger partial charge in [0.1, 0.15) is 0 Å². The molecule has 0 radical (unpaired) electrons. The van der Waals surface area contributed by atoms with Crippen molar-refractivity contribution < 1.29 is 8.42 Å². The maximum atomic E-state index is 11.3. The second-order valence-corrected chi connectivity index (χ2v) is 7.03. The van der Waals surface area contributed by atoms with Gasteiger partial charge in [0.25, 0.3) is 0 Å². The van der Waals surface area contributed by atoms with E-state index in [4.69, 9.17) is 10.7 Å². The van der Waals surface area contributed by atoms with Crippen LogP contribution in [0.2, 0.25) is 0 Å². The van der Waals surface area contributed by atoms with Gasteiger partial charge in [-0.2, -0.15) is 5.10 Å². The minimum absolute atomic E-state index is 0.596. The molecule has 0 aliphatic heterocycles. The summed E-state index contributed by atoms with van der Waals surface area (Å²) < 4.78 is 23.7. The first-order valence-corrected chi connectivity index (χ1v) is 7.17. The number of hydrogen-bond donors (Lipinski definition) is 0. The van der Waals surface area contributed by atoms with Crippen LogP contribution in [0.25, 0.3) is 0 Å². The molecule has 1 fully saturated rings. The van der Waals surface area contributed by atoms with E-state index < -0.39 is 13.8 Å². The summed E-state index contributed by atoms with van der Waals surface area (Å²) in [6.45, 7) is 0. The Morgan fingerprint density at radius 3 is 2.67 bits per heavy atom. The quantitative estimate of drug-likeness (QED) is 0.758. The molecule has 0 bridgehead atoms. The van der Waals surface area contributed by atoms with Gasteiger partial charge < -0.3 is 0 Å². The molecule has 84 valence electrons. The van der Waals surface area contributed by atoms with Gasteiger partial charge in [0.15, 0.2) is 0 Å². The van der Waals surface area contributed by atoms with Crippen molar-refractivity contribution in [2.75, 3.05) is 0 Å². The third kappa shape index (κ3) is 2.03. The summed E-state index contributed by atoms with van der Waals surface area (Å²) in [6.07, 6.45) is 4.40. The first-order valence-electron chi connectivity index (χ1n) is 4.86. The monoisotopic (exact) mass is 248 g/mol. The van der Waals surface area contributed by atoms with Gasteiger partial charge in [-0.15, -0.1) is 0 Å². The summed E-state index contributed by atoms with van der Waals surface area (Å²) >= 11 is 0. The molecule has 0 saturated heterocycles. The van der Waals surface area contributed by atoms with E-state index in [0.29, 0.717) is 25.7 Å². The highest BCUT2D eigenvalue weighted by Gasteiger charge is 2.53. The third-order valence-corrected chi connectivity index (χ3v) is 5.71. The zero-order chi connectivity index (χ0) is 11.1. The van der Waals surface area contributed by atoms with Crippen LogP contribution in [0.15, 0.2) is 12.3 Å². The highest BCUT2D eigenvalue weighted by molar-refractivity contribution is 8.15. The summed E-state index contributed by atoms with van der Waals surface area (Å²) in [6, 6.07) is 1.90. The molecule has 1 aromatic rings. The summed E-state index contributed by atoms with van der Waals surface area (Å²) in [5, 5.41) is 4.03. The number of halogens is 1. The molecule has 1 aliphatic rings. The van der Waals surface area contributed by atoms with E-state index in [1.54, 1.807) is 10.9 Å². The molecule has 1 aromatic heterocycles. The van der Waals surface area contributed by atoms with Crippen molar-refractivity contribution in [3.05, 3.63) is 18.0 Å². The molecule has 1 saturated carbocycles. The molecule has 0 atom stereocenters. The van der Waals surface area contributed by atoms with Crippen molar-refractivity contribution in [1.82, 2.24) is 9.78 Å². The molecule has 6 heteroatoms. The van der Waals surface area contributed by atoms with Gasteiger partial charge in [0, 0.05) is 29.6 Å². The Balaban J connectivity index is 2.04. The molecular formula is C9H13ClN2O2S. The lowest BCUT2D eigenvalue weighted by molar-refractivity contribution is 0.577. The second kappa shape index (κ2) is 3.49. The van der Waals surface area contributed by atoms with Crippen LogP contribution in [0.1, 0.15) is 25.0 Å². The predicted molar refractivity (Wildman–Crippen MR) is 58.3 cm³/mol. The van der Waals surface area contributed by atoms with Crippen molar-refractivity contribution in [3.8, 4) is 0 Å². The topological polar surface area (TPSA) is 52.0 Å². The summed E-state index contributed by atoms with van der Waals surface area (Å²) in [5.74, 6) is 0. The first-order chi connectivity index (χ1) is 6.95. The second-order valence-electron chi connectivity index (χ2n) is 4.07. The molecule has 15 heavy (non-hydrogen) atoms. The van der Waals surface area contributed by atoms with Crippen molar-refractivity contribution in [2.24, 2.45) is 7.05 Å². The lowest BCUT2D eigenvalue weighted by Gasteiger charge is -2.10. The maximum absolute atomic E-state index is 11.3. The maximum Gasteiger partial charge on any atom is 0.238 e. The molecule has 1 aliphatic carbocycles. The smallest absolute Gasteiger partial charge is 0.238 e. The molecule has 0 spiro atoms. The van der Waals surface area contributed by atoms with Crippen molar-refractivity contribution >= 4 is 19.7 Å². The standard InChI is InChI=1S/C9H13ClN2O2S/c1-12-8(3-7-11-12)2-4-9(5-6-9)15(10,13)14/h3,7H,2,4-6H2,1H3. The SMILES string of the molecule is Cn1nccc1CCC1(S(=O)(=O)Cl)CC1. The Labute approximate surface area is 93.7 Å². The van der Waals surface area contributed by atoms with Crippen molar-refractivity contribution in [1.29, 1.82) is 0 Å². The molecule has 0 aromatic carbocycles. The van der Waals surface area contributed by atoms with Gasteiger partial charge >= 0.3 is 0 Å². The fourth-order valence-electron chi connectivity index (χ4n) is 1.76. The number of aromatic nitrogens is 2. The number of nitrogens with zero attached hydrogens (tertiary/aromatic N) is 2. The van der Waals surface area contributed by atoms with Crippen LogP contribution in [0.3, 0.4) is 0 Å². The van der Waals surface area contributed by atoms with Gasteiger partial charge in [0.2, 0.25) is 9.05 Å². The van der Waals surface area contributed by atoms with Crippen LogP contribution in [-0.4, -0.2) is 22.9 Å². The van der Waals surface area contributed by atoms with Crippen molar-refractivity contribution in [3.63, 3.8) is 0 Å². The Kier molecular flexibility index (Phi) is 2.55. The van der Waals surface area contributed by atoms with Gasteiger partial charge in [-0.05, 0) is 31.7 Å². The Hall–Kier alpha value is -0.550. The van der Waals surface area contributed by atoms with E-state index in [9.17, 15) is 8.42 Å². The molecule has 0 N–H and O–H groups in total. The van der Waals surface area contributed by atoms with Gasteiger partial charge in [-0.25, -0.2) is 8.42 Å². The van der Waals surface area contributed by atoms with E-state index in [2.05, 4.69) is 5.10 Å². The first kappa shape index (κ1) is 11.0. The lowest BCUT2D eigenvalue weighted by atomic mass is 10.2. The molecule has 0 unspecified atom stereocenters. The summed E-state index contributed by atoms with van der Waals surface area (Å²) in [4.78, 5) is 0. The summed E-state index contributed by atoms with van der Waals surface area (Å²) in [7, 11) is 3.85. The Morgan fingerprint density at radius 2 is 2.27 bits per heavy atom. The van der Waals surface area contributed by atoms with Crippen LogP contribution in [-0.2, 0) is 22.5 Å². The zero-order valence-corrected chi connectivity index (χ0v) is 10.1. The van der Waals surface area contributed by atoms with E-state index >= 15 is 0 Å². The normalized spacial score (nSPS) is 19.1. The largest absolute Gasteiger partial charge is 0.273 e. The Bertz CT molecular complexity index is 462. The van der Waals surface area contributed by atoms with E-state index in [0.717, 1.165) is 5.69 Å². The van der Waals surface area contributed by atoms with Crippen LogP contribution in [0.5, 0.6) is 0 Å². The molecule has 0 amide bonds. The molecular weight excluding hydrogens is 236 g/mol. The average molecular weight is 249 g/mol. The Morgan fingerprint density at radius 1 is 1.60 bits per heavy atom. The van der Waals surface area contributed by atoms with Gasteiger partial charge in [-0.1, -0.05) is 0 Å². The van der Waals surface area contributed by atoms with Crippen LogP contribution < -0.4 is 0 Å². The lowest BCUT2D eigenvalue weighted by Crippen LogP contribution is -2.19. The average Bonchev–Trinajstić information content (AvgIpc) is 2.82. The third-order valence-electron chi connectivity index (χ3n) is 3.08. The molecule has 2 rings (SSSR count). The van der Waals surface area contributed by atoms with Crippen LogP contribution >= 0.6 is 10.7 Å². The number of hydrogen-bond acceptors (Lipinski definition) is 3. The van der Waals surface area contributed by atoms with Crippen LogP contribution in [0, 0.1) is 0 Å². The number of aryl methyl sites for hydroxylation is 2. The highest BCUT2D eigenvalue weighted by Crippen LogP contribution is 2.48. The van der Waals surface area contributed by atoms with E-state index in [-0.39, 0.29) is 0 Å². The minimum Gasteiger partial charge on any atom is -0.273 e. The van der Waals surface area contributed by atoms with E-state index in [1.165, 1.54) is 0 Å². The molecule has 1 heterocycles. The van der Waals surface area contributed by atoms with Gasteiger partial charge in [0.05, 0.1) is 4.75 Å². The minimum atomic E-state index is -3.41. The van der Waals surface area contributed by atoms with Gasteiger partial charge in [-0.3, -0.25) is 4.68 Å².